The van der Waals surface area contributed by atoms with Crippen LogP contribution in [0.5, 0.6) is 0 Å². The lowest BCUT2D eigenvalue weighted by Crippen LogP contribution is -2.60. The summed E-state index contributed by atoms with van der Waals surface area (Å²) in [6.07, 6.45) is -0.0343. The van der Waals surface area contributed by atoms with Gasteiger partial charge in [0.2, 0.25) is 17.7 Å². The molecule has 32 heavy (non-hydrogen) atoms. The SMILES string of the molecule is CCC(C)C(NC(=O)C(CC(C)C)NC(=O)C(NC(=O)C(N)CC(C)C)C(C)O)C(=O)O. The second-order valence-electron chi connectivity index (χ2n) is 9.36. The fourth-order valence-corrected chi connectivity index (χ4v) is 3.18. The number of carbonyl (C=O) groups excluding carboxylic acids is 3. The lowest BCUT2D eigenvalue weighted by Gasteiger charge is -2.28. The zero-order valence-corrected chi connectivity index (χ0v) is 20.3. The van der Waals surface area contributed by atoms with Crippen LogP contribution in [-0.4, -0.2) is 64.2 Å². The van der Waals surface area contributed by atoms with Crippen molar-refractivity contribution in [2.45, 2.75) is 98.0 Å². The first kappa shape index (κ1) is 29.8. The number of rotatable bonds is 14. The summed E-state index contributed by atoms with van der Waals surface area (Å²) in [5.74, 6) is -3.24. The molecule has 0 radical (unpaired) electrons. The van der Waals surface area contributed by atoms with Gasteiger partial charge in [0.05, 0.1) is 12.1 Å². The van der Waals surface area contributed by atoms with Crippen LogP contribution in [-0.2, 0) is 19.2 Å². The molecular formula is C22H42N4O6. The highest BCUT2D eigenvalue weighted by atomic mass is 16.4. The topological polar surface area (TPSA) is 171 Å². The zero-order chi connectivity index (χ0) is 25.2. The third kappa shape index (κ3) is 10.4. The molecule has 0 heterocycles. The molecule has 10 heteroatoms. The summed E-state index contributed by atoms with van der Waals surface area (Å²) < 4.78 is 0. The van der Waals surface area contributed by atoms with E-state index < -0.39 is 54.0 Å². The van der Waals surface area contributed by atoms with Crippen LogP contribution >= 0.6 is 0 Å². The van der Waals surface area contributed by atoms with E-state index in [1.54, 1.807) is 6.92 Å². The van der Waals surface area contributed by atoms with Crippen LogP contribution in [0.15, 0.2) is 0 Å². The smallest absolute Gasteiger partial charge is 0.326 e. The minimum Gasteiger partial charge on any atom is -0.480 e. The molecule has 0 spiro atoms. The number of carbonyl (C=O) groups is 4. The minimum absolute atomic E-state index is 0.0111. The number of carboxylic acid groups (broad SMARTS) is 1. The lowest BCUT2D eigenvalue weighted by molar-refractivity contribution is -0.144. The van der Waals surface area contributed by atoms with Gasteiger partial charge in [-0.25, -0.2) is 4.79 Å². The number of nitrogens with two attached hydrogens (primary N) is 1. The summed E-state index contributed by atoms with van der Waals surface area (Å²) in [4.78, 5) is 49.6. The van der Waals surface area contributed by atoms with Crippen molar-refractivity contribution in [1.82, 2.24) is 16.0 Å². The first-order valence-electron chi connectivity index (χ1n) is 11.3. The second kappa shape index (κ2) is 14.1. The van der Waals surface area contributed by atoms with Crippen LogP contribution < -0.4 is 21.7 Å². The van der Waals surface area contributed by atoms with E-state index in [-0.39, 0.29) is 24.2 Å². The average molecular weight is 459 g/mol. The van der Waals surface area contributed by atoms with Gasteiger partial charge in [-0.1, -0.05) is 48.0 Å². The Kier molecular flexibility index (Phi) is 13.1. The fraction of sp³-hybridized carbons (Fsp3) is 0.818. The molecule has 186 valence electrons. The van der Waals surface area contributed by atoms with Crippen molar-refractivity contribution in [2.24, 2.45) is 23.5 Å². The third-order valence-electron chi connectivity index (χ3n) is 5.24. The lowest BCUT2D eigenvalue weighted by atomic mass is 9.97. The second-order valence-corrected chi connectivity index (χ2v) is 9.36. The van der Waals surface area contributed by atoms with Crippen LogP contribution in [0.4, 0.5) is 0 Å². The summed E-state index contributed by atoms with van der Waals surface area (Å²) in [6, 6.07) is -4.28. The Labute approximate surface area is 191 Å². The predicted octanol–water partition coefficient (Wildman–Crippen LogP) is 0.372. The highest BCUT2D eigenvalue weighted by molar-refractivity contribution is 5.94. The summed E-state index contributed by atoms with van der Waals surface area (Å²) in [5.41, 5.74) is 5.86. The number of aliphatic hydroxyl groups is 1. The largest absolute Gasteiger partial charge is 0.480 e. The van der Waals surface area contributed by atoms with E-state index in [1.807, 2.05) is 34.6 Å². The summed E-state index contributed by atoms with van der Waals surface area (Å²) in [6.45, 7) is 12.4. The van der Waals surface area contributed by atoms with Crippen LogP contribution in [0.3, 0.4) is 0 Å². The molecule has 3 amide bonds. The van der Waals surface area contributed by atoms with E-state index in [9.17, 15) is 29.4 Å². The Morgan fingerprint density at radius 1 is 0.781 bits per heavy atom. The molecule has 0 rings (SSSR count). The van der Waals surface area contributed by atoms with Gasteiger partial charge in [-0.05, 0) is 37.5 Å². The van der Waals surface area contributed by atoms with Gasteiger partial charge in [0.1, 0.15) is 18.1 Å². The molecule has 6 unspecified atom stereocenters. The van der Waals surface area contributed by atoms with Crippen molar-refractivity contribution in [3.63, 3.8) is 0 Å². The number of aliphatic hydroxyl groups excluding tert-OH is 1. The van der Waals surface area contributed by atoms with Crippen LogP contribution in [0.1, 0.15) is 67.7 Å². The summed E-state index contributed by atoms with van der Waals surface area (Å²) >= 11 is 0. The predicted molar refractivity (Wildman–Crippen MR) is 121 cm³/mol. The van der Waals surface area contributed by atoms with Crippen molar-refractivity contribution in [1.29, 1.82) is 0 Å². The molecule has 7 N–H and O–H groups in total. The van der Waals surface area contributed by atoms with Crippen LogP contribution in [0, 0.1) is 17.8 Å². The van der Waals surface area contributed by atoms with Crippen molar-refractivity contribution >= 4 is 23.7 Å². The van der Waals surface area contributed by atoms with Gasteiger partial charge in [0.25, 0.3) is 0 Å². The van der Waals surface area contributed by atoms with Crippen molar-refractivity contribution in [2.75, 3.05) is 0 Å². The van der Waals surface area contributed by atoms with E-state index in [1.165, 1.54) is 6.92 Å². The van der Waals surface area contributed by atoms with E-state index in [0.29, 0.717) is 12.8 Å². The number of hydrogen-bond acceptors (Lipinski definition) is 6. The average Bonchev–Trinajstić information content (AvgIpc) is 2.66. The normalized spacial score (nSPS) is 17.1. The fourth-order valence-electron chi connectivity index (χ4n) is 3.18. The van der Waals surface area contributed by atoms with Gasteiger partial charge in [-0.2, -0.15) is 0 Å². The molecule has 0 aromatic rings. The van der Waals surface area contributed by atoms with Crippen molar-refractivity contribution in [3.05, 3.63) is 0 Å². The summed E-state index contributed by atoms with van der Waals surface area (Å²) in [5, 5.41) is 27.0. The molecule has 0 aliphatic carbocycles. The van der Waals surface area contributed by atoms with E-state index >= 15 is 0 Å². The van der Waals surface area contributed by atoms with Crippen LogP contribution in [0.25, 0.3) is 0 Å². The number of nitrogens with one attached hydrogen (secondary N) is 3. The molecule has 0 bridgehead atoms. The van der Waals surface area contributed by atoms with Crippen molar-refractivity contribution in [3.8, 4) is 0 Å². The molecule has 0 saturated carbocycles. The highest BCUT2D eigenvalue weighted by Crippen LogP contribution is 2.11. The van der Waals surface area contributed by atoms with Gasteiger partial charge < -0.3 is 31.9 Å². The van der Waals surface area contributed by atoms with Gasteiger partial charge in [0, 0.05) is 0 Å². The van der Waals surface area contributed by atoms with Crippen molar-refractivity contribution < 1.29 is 29.4 Å². The molecule has 0 aromatic carbocycles. The monoisotopic (exact) mass is 458 g/mol. The number of aliphatic carboxylic acids is 1. The molecule has 0 aliphatic rings. The molecule has 0 aromatic heterocycles. The quantitative estimate of drug-likeness (QED) is 0.218. The molecule has 6 atom stereocenters. The van der Waals surface area contributed by atoms with Gasteiger partial charge in [-0.15, -0.1) is 0 Å². The van der Waals surface area contributed by atoms with Gasteiger partial charge >= 0.3 is 5.97 Å². The van der Waals surface area contributed by atoms with E-state index in [0.717, 1.165) is 0 Å². The molecule has 0 aliphatic heterocycles. The number of amides is 3. The molecule has 0 saturated heterocycles. The Bertz CT molecular complexity index is 638. The van der Waals surface area contributed by atoms with E-state index in [4.69, 9.17) is 5.73 Å². The minimum atomic E-state index is -1.31. The summed E-state index contributed by atoms with van der Waals surface area (Å²) in [7, 11) is 0. The number of hydrogen-bond donors (Lipinski definition) is 6. The molecule has 10 nitrogen and oxygen atoms in total. The maximum Gasteiger partial charge on any atom is 0.326 e. The first-order chi connectivity index (χ1) is 14.7. The molecule has 0 fully saturated rings. The zero-order valence-electron chi connectivity index (χ0n) is 20.3. The molecular weight excluding hydrogens is 416 g/mol. The first-order valence-corrected chi connectivity index (χ1v) is 11.3. The highest BCUT2D eigenvalue weighted by Gasteiger charge is 2.33. The van der Waals surface area contributed by atoms with Gasteiger partial charge in [0.15, 0.2) is 0 Å². The van der Waals surface area contributed by atoms with Crippen LogP contribution in [0.2, 0.25) is 0 Å². The Morgan fingerprint density at radius 2 is 1.28 bits per heavy atom. The number of carboxylic acids is 1. The maximum absolute atomic E-state index is 12.8. The Hall–Kier alpha value is -2.20. The third-order valence-corrected chi connectivity index (χ3v) is 5.24. The Balaban J connectivity index is 5.47. The Morgan fingerprint density at radius 3 is 1.69 bits per heavy atom. The standard InChI is InChI=1S/C22H42N4O6/c1-8-13(6)17(22(31)32)25-20(29)16(10-12(4)5)24-21(30)18(14(7)27)26-19(28)15(23)9-11(2)3/h11-18,27H,8-10,23H2,1-7H3,(H,24,30)(H,25,29)(H,26,28)(H,31,32). The van der Waals surface area contributed by atoms with E-state index in [2.05, 4.69) is 16.0 Å². The van der Waals surface area contributed by atoms with Gasteiger partial charge in [-0.3, -0.25) is 14.4 Å². The maximum atomic E-state index is 12.8.